The second-order valence-electron chi connectivity index (χ2n) is 7.18. The number of rotatable bonds is 9. The minimum absolute atomic E-state index is 0.162. The summed E-state index contributed by atoms with van der Waals surface area (Å²) in [5.74, 6) is 0.232. The lowest BCUT2D eigenvalue weighted by atomic mass is 10.2. The lowest BCUT2D eigenvalue weighted by molar-refractivity contribution is -0.120. The van der Waals surface area contributed by atoms with Crippen LogP contribution in [-0.2, 0) is 4.79 Å². The van der Waals surface area contributed by atoms with Crippen LogP contribution in [-0.4, -0.2) is 68.1 Å². The van der Waals surface area contributed by atoms with Crippen LogP contribution in [0.4, 0.5) is 10.1 Å². The first-order valence-electron chi connectivity index (χ1n) is 10.2. The van der Waals surface area contributed by atoms with Crippen LogP contribution in [0.2, 0.25) is 0 Å². The number of nitrogens with zero attached hydrogens (tertiary/aromatic N) is 4. The van der Waals surface area contributed by atoms with Crippen LogP contribution in [0, 0.1) is 17.1 Å². The summed E-state index contributed by atoms with van der Waals surface area (Å²) in [4.78, 5) is 18.6. The number of ether oxygens (including phenoxy) is 1. The Morgan fingerprint density at radius 1 is 1.03 bits per heavy atom. The van der Waals surface area contributed by atoms with E-state index in [1.54, 1.807) is 18.2 Å². The van der Waals surface area contributed by atoms with Crippen molar-refractivity contribution < 1.29 is 13.9 Å². The Kier molecular flexibility index (Phi) is 8.19. The Balaban J connectivity index is 1.46. The molecule has 0 unspecified atom stereocenters. The van der Waals surface area contributed by atoms with Gasteiger partial charge in [0.15, 0.2) is 0 Å². The van der Waals surface area contributed by atoms with Crippen molar-refractivity contribution in [2.24, 2.45) is 0 Å². The van der Waals surface area contributed by atoms with Gasteiger partial charge in [0.1, 0.15) is 18.2 Å². The molecule has 158 valence electrons. The summed E-state index contributed by atoms with van der Waals surface area (Å²) in [5, 5.41) is 8.90. The molecule has 1 aliphatic rings. The molecular weight excluding hydrogens is 383 g/mol. The van der Waals surface area contributed by atoms with Crippen LogP contribution >= 0.6 is 0 Å². The smallest absolute Gasteiger partial charge is 0.241 e. The van der Waals surface area contributed by atoms with Crippen LogP contribution in [0.1, 0.15) is 6.42 Å². The number of hydrogen-bond acceptors (Lipinski definition) is 5. The highest BCUT2D eigenvalue weighted by Crippen LogP contribution is 2.19. The van der Waals surface area contributed by atoms with Crippen LogP contribution in [0.25, 0.3) is 0 Å². The van der Waals surface area contributed by atoms with E-state index in [1.165, 1.54) is 11.0 Å². The average molecular weight is 410 g/mol. The average Bonchev–Trinajstić information content (AvgIpc) is 2.77. The fourth-order valence-corrected chi connectivity index (χ4v) is 3.47. The van der Waals surface area contributed by atoms with Gasteiger partial charge in [-0.05, 0) is 24.3 Å². The first-order valence-corrected chi connectivity index (χ1v) is 10.2. The zero-order valence-corrected chi connectivity index (χ0v) is 17.0. The van der Waals surface area contributed by atoms with E-state index in [2.05, 4.69) is 9.80 Å². The largest absolute Gasteiger partial charge is 0.492 e. The van der Waals surface area contributed by atoms with Crippen LogP contribution in [0.3, 0.4) is 0 Å². The molecule has 1 amide bonds. The number of halogens is 1. The molecule has 0 saturated carbocycles. The number of benzene rings is 2. The van der Waals surface area contributed by atoms with E-state index >= 15 is 0 Å². The maximum absolute atomic E-state index is 14.2. The number of carbonyl (C=O) groups is 1. The van der Waals surface area contributed by atoms with Crippen LogP contribution in [0.5, 0.6) is 5.75 Å². The van der Waals surface area contributed by atoms with E-state index in [0.29, 0.717) is 6.61 Å². The van der Waals surface area contributed by atoms with Gasteiger partial charge in [-0.15, -0.1) is 0 Å². The molecule has 0 bridgehead atoms. The maximum atomic E-state index is 14.2. The third-order valence-electron chi connectivity index (χ3n) is 5.13. The predicted molar refractivity (Wildman–Crippen MR) is 114 cm³/mol. The van der Waals surface area contributed by atoms with E-state index in [1.807, 2.05) is 36.4 Å². The number of hydrogen-bond donors (Lipinski definition) is 0. The Labute approximate surface area is 177 Å². The number of carbonyl (C=O) groups excluding carboxylic acids is 1. The Hall–Kier alpha value is -2.95. The highest BCUT2D eigenvalue weighted by molar-refractivity contribution is 5.94. The number of nitriles is 1. The first-order chi connectivity index (χ1) is 14.7. The lowest BCUT2D eigenvalue weighted by Gasteiger charge is -2.35. The van der Waals surface area contributed by atoms with Crippen molar-refractivity contribution in [3.8, 4) is 11.8 Å². The lowest BCUT2D eigenvalue weighted by Crippen LogP contribution is -2.51. The van der Waals surface area contributed by atoms with E-state index in [-0.39, 0.29) is 31.1 Å². The highest BCUT2D eigenvalue weighted by Gasteiger charge is 2.23. The molecule has 2 aromatic carbocycles. The van der Waals surface area contributed by atoms with Crippen molar-refractivity contribution in [2.75, 3.05) is 57.3 Å². The standard InChI is InChI=1S/C23H27FN4O2/c24-21-9-4-5-10-22(21)28(12-6-11-25)23(29)19-27-15-13-26(14-16-27)17-18-30-20-7-2-1-3-8-20/h1-5,7-10H,6,12-19H2. The number of anilines is 1. The van der Waals surface area contributed by atoms with Gasteiger partial charge < -0.3 is 9.64 Å². The van der Waals surface area contributed by atoms with Gasteiger partial charge in [-0.25, -0.2) is 4.39 Å². The molecule has 6 nitrogen and oxygen atoms in total. The van der Waals surface area contributed by atoms with E-state index in [9.17, 15) is 9.18 Å². The van der Waals surface area contributed by atoms with Crippen molar-refractivity contribution >= 4 is 11.6 Å². The summed E-state index contributed by atoms with van der Waals surface area (Å²) in [6.07, 6.45) is 0.162. The maximum Gasteiger partial charge on any atom is 0.241 e. The third kappa shape index (κ3) is 6.28. The van der Waals surface area contributed by atoms with Crippen molar-refractivity contribution in [1.82, 2.24) is 9.80 Å². The Bertz CT molecular complexity index is 848. The van der Waals surface area contributed by atoms with E-state index < -0.39 is 5.82 Å². The molecule has 1 aliphatic heterocycles. The second-order valence-corrected chi connectivity index (χ2v) is 7.18. The summed E-state index contributed by atoms with van der Waals surface area (Å²) in [5.41, 5.74) is 0.231. The zero-order valence-electron chi connectivity index (χ0n) is 17.0. The van der Waals surface area contributed by atoms with Gasteiger partial charge in [0.25, 0.3) is 0 Å². The molecule has 0 radical (unpaired) electrons. The van der Waals surface area contributed by atoms with Crippen LogP contribution < -0.4 is 9.64 Å². The molecule has 1 heterocycles. The predicted octanol–water partition coefficient (Wildman–Crippen LogP) is 2.77. The summed E-state index contributed by atoms with van der Waals surface area (Å²) >= 11 is 0. The molecule has 0 N–H and O–H groups in total. The quantitative estimate of drug-likeness (QED) is 0.636. The van der Waals surface area contributed by atoms with Crippen LogP contribution in [0.15, 0.2) is 54.6 Å². The fraction of sp³-hybridized carbons (Fsp3) is 0.391. The number of amides is 1. The van der Waals surface area contributed by atoms with E-state index in [4.69, 9.17) is 10.00 Å². The Morgan fingerprint density at radius 2 is 1.70 bits per heavy atom. The van der Waals surface area contributed by atoms with E-state index in [0.717, 1.165) is 38.5 Å². The van der Waals surface area contributed by atoms with Gasteiger partial charge in [-0.3, -0.25) is 14.6 Å². The SMILES string of the molecule is N#CCCN(C(=O)CN1CCN(CCOc2ccccc2)CC1)c1ccccc1F. The summed E-state index contributed by atoms with van der Waals surface area (Å²) in [7, 11) is 0. The van der Waals surface area contributed by atoms with Gasteiger partial charge in [-0.2, -0.15) is 5.26 Å². The molecule has 2 aromatic rings. The number of piperazine rings is 1. The topological polar surface area (TPSA) is 59.8 Å². The third-order valence-corrected chi connectivity index (χ3v) is 5.13. The Morgan fingerprint density at radius 3 is 2.40 bits per heavy atom. The molecule has 7 heteroatoms. The van der Waals surface area contributed by atoms with Gasteiger partial charge in [0, 0.05) is 39.3 Å². The minimum atomic E-state index is -0.452. The van der Waals surface area contributed by atoms with Crippen molar-refractivity contribution in [3.05, 3.63) is 60.4 Å². The fourth-order valence-electron chi connectivity index (χ4n) is 3.47. The molecule has 30 heavy (non-hydrogen) atoms. The minimum Gasteiger partial charge on any atom is -0.492 e. The van der Waals surface area contributed by atoms with Gasteiger partial charge in [0.2, 0.25) is 5.91 Å². The normalized spacial score (nSPS) is 14.8. The molecule has 0 aliphatic carbocycles. The zero-order chi connectivity index (χ0) is 21.2. The summed E-state index contributed by atoms with van der Waals surface area (Å²) < 4.78 is 19.9. The van der Waals surface area contributed by atoms with Crippen molar-refractivity contribution in [3.63, 3.8) is 0 Å². The first kappa shape index (κ1) is 21.8. The molecule has 0 atom stereocenters. The van der Waals surface area contributed by atoms with Gasteiger partial charge >= 0.3 is 0 Å². The molecular formula is C23H27FN4O2. The molecule has 0 spiro atoms. The van der Waals surface area contributed by atoms with Crippen molar-refractivity contribution in [1.29, 1.82) is 5.26 Å². The molecule has 0 aromatic heterocycles. The monoisotopic (exact) mass is 410 g/mol. The summed E-state index contributed by atoms with van der Waals surface area (Å²) in [6, 6.07) is 18.0. The highest BCUT2D eigenvalue weighted by atomic mass is 19.1. The van der Waals surface area contributed by atoms with Crippen molar-refractivity contribution in [2.45, 2.75) is 6.42 Å². The summed E-state index contributed by atoms with van der Waals surface area (Å²) in [6.45, 7) is 5.09. The molecule has 3 rings (SSSR count). The molecule has 1 fully saturated rings. The molecule has 1 saturated heterocycles. The van der Waals surface area contributed by atoms with Gasteiger partial charge in [0.05, 0.1) is 24.7 Å². The second kappa shape index (κ2) is 11.3. The van der Waals surface area contributed by atoms with Gasteiger partial charge in [-0.1, -0.05) is 30.3 Å². The number of para-hydroxylation sites is 2.